The van der Waals surface area contributed by atoms with E-state index in [0.29, 0.717) is 25.1 Å². The quantitative estimate of drug-likeness (QED) is 0.732. The molecule has 3 rings (SSSR count). The van der Waals surface area contributed by atoms with Crippen molar-refractivity contribution in [2.75, 3.05) is 58.9 Å². The molecule has 2 aliphatic heterocycles. The summed E-state index contributed by atoms with van der Waals surface area (Å²) in [5, 5.41) is 3.24. The highest BCUT2D eigenvalue weighted by atomic mass is 19.1. The molecule has 1 N–H and O–H groups in total. The molecule has 1 aromatic rings. The maximum absolute atomic E-state index is 13.2. The first-order valence-electron chi connectivity index (χ1n) is 10.4. The topological polar surface area (TPSA) is 55.9 Å². The number of likely N-dealkylation sites (tertiary alicyclic amines) is 1. The van der Waals surface area contributed by atoms with Gasteiger partial charge in [0.25, 0.3) is 5.91 Å². The Morgan fingerprint density at radius 1 is 1.00 bits per heavy atom. The first kappa shape index (κ1) is 20.7. The van der Waals surface area contributed by atoms with Crippen LogP contribution in [0, 0.1) is 5.82 Å². The lowest BCUT2D eigenvalue weighted by Crippen LogP contribution is -2.47. The molecule has 28 heavy (non-hydrogen) atoms. The number of halogens is 1. The monoisotopic (exact) mass is 390 g/mol. The van der Waals surface area contributed by atoms with Gasteiger partial charge < -0.3 is 20.0 Å². The van der Waals surface area contributed by atoms with E-state index >= 15 is 0 Å². The van der Waals surface area contributed by atoms with Crippen molar-refractivity contribution < 1.29 is 14.0 Å². The second-order valence-corrected chi connectivity index (χ2v) is 7.58. The van der Waals surface area contributed by atoms with E-state index in [9.17, 15) is 14.0 Å². The highest BCUT2D eigenvalue weighted by Gasteiger charge is 2.21. The van der Waals surface area contributed by atoms with E-state index < -0.39 is 0 Å². The van der Waals surface area contributed by atoms with Crippen molar-refractivity contribution >= 4 is 11.8 Å². The SMILES string of the molecule is O=C(CCN(CCCN1CCCC1)C(=O)c1ccc(F)cc1)N1CCNCC1. The maximum Gasteiger partial charge on any atom is 0.253 e. The number of rotatable bonds is 8. The first-order valence-corrected chi connectivity index (χ1v) is 10.4. The fourth-order valence-corrected chi connectivity index (χ4v) is 3.88. The van der Waals surface area contributed by atoms with Crippen LogP contribution in [0.15, 0.2) is 24.3 Å². The number of benzene rings is 1. The van der Waals surface area contributed by atoms with Gasteiger partial charge in [-0.25, -0.2) is 4.39 Å². The number of hydrogen-bond acceptors (Lipinski definition) is 4. The molecular weight excluding hydrogens is 359 g/mol. The lowest BCUT2D eigenvalue weighted by Gasteiger charge is -2.29. The number of hydrogen-bond donors (Lipinski definition) is 1. The van der Waals surface area contributed by atoms with E-state index in [1.54, 1.807) is 4.90 Å². The van der Waals surface area contributed by atoms with Crippen LogP contribution in [0.5, 0.6) is 0 Å². The van der Waals surface area contributed by atoms with Crippen LogP contribution in [-0.2, 0) is 4.79 Å². The van der Waals surface area contributed by atoms with Crippen molar-refractivity contribution in [1.82, 2.24) is 20.0 Å². The van der Waals surface area contributed by atoms with Crippen molar-refractivity contribution in [3.63, 3.8) is 0 Å². The minimum absolute atomic E-state index is 0.0953. The molecule has 0 aromatic heterocycles. The lowest BCUT2D eigenvalue weighted by molar-refractivity contribution is -0.131. The summed E-state index contributed by atoms with van der Waals surface area (Å²) in [6, 6.07) is 5.65. The zero-order valence-electron chi connectivity index (χ0n) is 16.5. The van der Waals surface area contributed by atoms with Gasteiger partial charge in [-0.05, 0) is 63.2 Å². The van der Waals surface area contributed by atoms with E-state index in [1.807, 2.05) is 4.90 Å². The summed E-state index contributed by atoms with van der Waals surface area (Å²) in [7, 11) is 0. The molecule has 1 aromatic carbocycles. The molecule has 2 heterocycles. The van der Waals surface area contributed by atoms with Crippen LogP contribution < -0.4 is 5.32 Å². The Morgan fingerprint density at radius 2 is 1.68 bits per heavy atom. The average Bonchev–Trinajstić information content (AvgIpc) is 3.24. The van der Waals surface area contributed by atoms with E-state index in [1.165, 1.54) is 37.1 Å². The molecular formula is C21H31FN4O2. The largest absolute Gasteiger partial charge is 0.340 e. The summed E-state index contributed by atoms with van der Waals surface area (Å²) in [4.78, 5) is 31.5. The summed E-state index contributed by atoms with van der Waals surface area (Å²) in [6.07, 6.45) is 3.71. The summed E-state index contributed by atoms with van der Waals surface area (Å²) in [6.45, 7) is 7.33. The first-order chi connectivity index (χ1) is 13.6. The number of piperazine rings is 1. The molecule has 0 saturated carbocycles. The van der Waals surface area contributed by atoms with E-state index in [0.717, 1.165) is 52.2 Å². The van der Waals surface area contributed by atoms with Crippen molar-refractivity contribution in [2.45, 2.75) is 25.7 Å². The summed E-state index contributed by atoms with van der Waals surface area (Å²) in [5.41, 5.74) is 0.470. The minimum Gasteiger partial charge on any atom is -0.340 e. The van der Waals surface area contributed by atoms with E-state index in [4.69, 9.17) is 0 Å². The van der Waals surface area contributed by atoms with Gasteiger partial charge in [0.15, 0.2) is 0 Å². The molecule has 7 heteroatoms. The third kappa shape index (κ3) is 6.01. The summed E-state index contributed by atoms with van der Waals surface area (Å²) < 4.78 is 13.2. The van der Waals surface area contributed by atoms with Crippen molar-refractivity contribution in [1.29, 1.82) is 0 Å². The average molecular weight is 391 g/mol. The van der Waals surface area contributed by atoms with Crippen molar-refractivity contribution in [2.24, 2.45) is 0 Å². The molecule has 0 spiro atoms. The van der Waals surface area contributed by atoms with Crippen molar-refractivity contribution in [3.05, 3.63) is 35.6 Å². The lowest BCUT2D eigenvalue weighted by atomic mass is 10.1. The number of nitrogens with zero attached hydrogens (tertiary/aromatic N) is 3. The van der Waals surface area contributed by atoms with Crippen LogP contribution >= 0.6 is 0 Å². The smallest absolute Gasteiger partial charge is 0.253 e. The van der Waals surface area contributed by atoms with Gasteiger partial charge >= 0.3 is 0 Å². The van der Waals surface area contributed by atoms with Crippen LogP contribution in [0.2, 0.25) is 0 Å². The number of nitrogens with one attached hydrogen (secondary N) is 1. The normalized spacial score (nSPS) is 17.7. The van der Waals surface area contributed by atoms with Crippen molar-refractivity contribution in [3.8, 4) is 0 Å². The molecule has 0 unspecified atom stereocenters. The second kappa shape index (κ2) is 10.5. The Kier molecular flexibility index (Phi) is 7.80. The zero-order valence-corrected chi connectivity index (χ0v) is 16.5. The molecule has 6 nitrogen and oxygen atoms in total. The van der Waals surface area contributed by atoms with Gasteiger partial charge in [-0.2, -0.15) is 0 Å². The van der Waals surface area contributed by atoms with Gasteiger partial charge in [-0.3, -0.25) is 9.59 Å². The van der Waals surface area contributed by atoms with Gasteiger partial charge in [0, 0.05) is 51.3 Å². The van der Waals surface area contributed by atoms with Gasteiger partial charge in [0.05, 0.1) is 0 Å². The third-order valence-electron chi connectivity index (χ3n) is 5.54. The predicted octanol–water partition coefficient (Wildman–Crippen LogP) is 1.58. The van der Waals surface area contributed by atoms with Gasteiger partial charge in [-0.15, -0.1) is 0 Å². The number of carbonyl (C=O) groups is 2. The Hall–Kier alpha value is -1.99. The Labute approximate surface area is 166 Å². The van der Waals surface area contributed by atoms with Crippen LogP contribution in [0.4, 0.5) is 4.39 Å². The molecule has 2 aliphatic rings. The van der Waals surface area contributed by atoms with Crippen LogP contribution in [0.3, 0.4) is 0 Å². The summed E-state index contributed by atoms with van der Waals surface area (Å²) >= 11 is 0. The van der Waals surface area contributed by atoms with Crippen LogP contribution in [0.25, 0.3) is 0 Å². The molecule has 0 atom stereocenters. The van der Waals surface area contributed by atoms with E-state index in [2.05, 4.69) is 10.2 Å². The molecule has 0 aliphatic carbocycles. The molecule has 154 valence electrons. The van der Waals surface area contributed by atoms with Crippen LogP contribution in [0.1, 0.15) is 36.0 Å². The second-order valence-electron chi connectivity index (χ2n) is 7.58. The fraction of sp³-hybridized carbons (Fsp3) is 0.619. The standard InChI is InChI=1S/C21H31FN4O2/c22-19-6-4-18(5-7-19)21(28)26(14-3-13-24-11-1-2-12-24)15-8-20(27)25-16-9-23-10-17-25/h4-7,23H,1-3,8-17H2. The Bertz CT molecular complexity index is 640. The fourth-order valence-electron chi connectivity index (χ4n) is 3.88. The molecule has 0 radical (unpaired) electrons. The van der Waals surface area contributed by atoms with Gasteiger partial charge in [-0.1, -0.05) is 0 Å². The zero-order chi connectivity index (χ0) is 19.8. The number of carbonyl (C=O) groups excluding carboxylic acids is 2. The number of amides is 2. The predicted molar refractivity (Wildman–Crippen MR) is 107 cm³/mol. The molecule has 2 saturated heterocycles. The van der Waals surface area contributed by atoms with Gasteiger partial charge in [0.2, 0.25) is 5.91 Å². The third-order valence-corrected chi connectivity index (χ3v) is 5.54. The highest BCUT2D eigenvalue weighted by Crippen LogP contribution is 2.11. The Balaban J connectivity index is 1.56. The molecule has 0 bridgehead atoms. The van der Waals surface area contributed by atoms with Crippen LogP contribution in [-0.4, -0.2) is 85.4 Å². The minimum atomic E-state index is -0.356. The van der Waals surface area contributed by atoms with Gasteiger partial charge in [0.1, 0.15) is 5.82 Å². The molecule has 2 fully saturated rings. The van der Waals surface area contributed by atoms with E-state index in [-0.39, 0.29) is 17.6 Å². The molecule has 2 amide bonds. The Morgan fingerprint density at radius 3 is 2.36 bits per heavy atom. The summed E-state index contributed by atoms with van der Waals surface area (Å²) in [5.74, 6) is -0.390. The highest BCUT2D eigenvalue weighted by molar-refractivity contribution is 5.94. The maximum atomic E-state index is 13.2.